The maximum atomic E-state index is 12.6. The maximum Gasteiger partial charge on any atom is 0.395 e. The zero-order valence-corrected chi connectivity index (χ0v) is 20.4. The van der Waals surface area contributed by atoms with E-state index >= 15 is 0 Å². The number of ether oxygens (including phenoxy) is 2. The molecule has 0 saturated heterocycles. The Morgan fingerprint density at radius 3 is 2.48 bits per heavy atom. The van der Waals surface area contributed by atoms with E-state index in [0.717, 1.165) is 0 Å². The molecule has 2 atom stereocenters. The zero-order valence-electron chi connectivity index (χ0n) is 19.5. The number of hydrogen-bond donors (Lipinski definition) is 2. The third kappa shape index (κ3) is 7.96. The number of para-hydroxylation sites is 2. The van der Waals surface area contributed by atoms with E-state index in [1.807, 2.05) is 13.8 Å². The highest BCUT2D eigenvalue weighted by Crippen LogP contribution is 2.35. The monoisotopic (exact) mass is 478 g/mol. The Bertz CT molecular complexity index is 979. The van der Waals surface area contributed by atoms with E-state index in [0.29, 0.717) is 23.2 Å². The molecule has 9 nitrogen and oxygen atoms in total. The number of hydrogen-bond acceptors (Lipinski definition) is 9. The normalized spacial score (nSPS) is 12.7. The Labute approximate surface area is 195 Å². The van der Waals surface area contributed by atoms with Gasteiger partial charge in [0.05, 0.1) is 18.4 Å². The second-order valence-corrected chi connectivity index (χ2v) is 9.05. The van der Waals surface area contributed by atoms with Crippen molar-refractivity contribution in [2.75, 3.05) is 0 Å². The van der Waals surface area contributed by atoms with Gasteiger partial charge in [0, 0.05) is 17.3 Å². The molecular weight excluding hydrogens is 447 g/mol. The van der Waals surface area contributed by atoms with Gasteiger partial charge in [0.1, 0.15) is 12.4 Å². The van der Waals surface area contributed by atoms with E-state index in [2.05, 4.69) is 9.73 Å². The molecule has 0 aliphatic heterocycles. The number of nitrogens with zero attached hydrogens (tertiary/aromatic N) is 2. The summed E-state index contributed by atoms with van der Waals surface area (Å²) in [7, 11) is -2.58. The third-order valence-corrected chi connectivity index (χ3v) is 5.37. The summed E-state index contributed by atoms with van der Waals surface area (Å²) in [6, 6.07) is 5.68. The van der Waals surface area contributed by atoms with Crippen molar-refractivity contribution in [3.63, 3.8) is 0 Å². The van der Waals surface area contributed by atoms with Gasteiger partial charge >= 0.3 is 14.1 Å². The SMILES string of the molecule is Cc1ncc(COc2ccccc2O[P+]([O-])=N[C@@H](CC(C)C)C(=O)OC(C)C)c(CO)c1O. The van der Waals surface area contributed by atoms with Crippen LogP contribution >= 0.6 is 8.17 Å². The molecule has 10 heteroatoms. The molecule has 0 amide bonds. The number of rotatable bonds is 11. The van der Waals surface area contributed by atoms with Crippen molar-refractivity contribution in [2.24, 2.45) is 10.7 Å². The van der Waals surface area contributed by atoms with Crippen LogP contribution in [0.2, 0.25) is 0 Å². The second kappa shape index (κ2) is 12.5. The molecule has 0 aliphatic rings. The van der Waals surface area contributed by atoms with E-state index in [-0.39, 0.29) is 42.5 Å². The first-order valence-corrected chi connectivity index (χ1v) is 11.8. The predicted octanol–water partition coefficient (Wildman–Crippen LogP) is 3.77. The first-order valence-electron chi connectivity index (χ1n) is 10.7. The summed E-state index contributed by atoms with van der Waals surface area (Å²) in [4.78, 5) is 29.1. The average molecular weight is 478 g/mol. The molecule has 0 bridgehead atoms. The molecule has 0 fully saturated rings. The lowest BCUT2D eigenvalue weighted by Gasteiger charge is -2.15. The number of aliphatic hydroxyl groups excluding tert-OH is 1. The van der Waals surface area contributed by atoms with Gasteiger partial charge in [-0.1, -0.05) is 30.7 Å². The van der Waals surface area contributed by atoms with Gasteiger partial charge in [-0.3, -0.25) is 9.51 Å². The van der Waals surface area contributed by atoms with Crippen LogP contribution in [0.1, 0.15) is 50.9 Å². The van der Waals surface area contributed by atoms with Crippen LogP contribution in [0.5, 0.6) is 17.2 Å². The van der Waals surface area contributed by atoms with Crippen molar-refractivity contribution < 1.29 is 33.9 Å². The summed E-state index contributed by atoms with van der Waals surface area (Å²) < 4.78 is 20.6. The number of pyridine rings is 1. The number of carbonyl (C=O) groups is 1. The third-order valence-electron chi connectivity index (χ3n) is 4.55. The first-order chi connectivity index (χ1) is 15.6. The largest absolute Gasteiger partial charge is 0.575 e. The van der Waals surface area contributed by atoms with E-state index in [1.165, 1.54) is 6.20 Å². The summed E-state index contributed by atoms with van der Waals surface area (Å²) in [6.07, 6.45) is 1.58. The Balaban J connectivity index is 2.19. The Morgan fingerprint density at radius 2 is 1.88 bits per heavy atom. The van der Waals surface area contributed by atoms with Gasteiger partial charge in [0.2, 0.25) is 5.75 Å². The molecular formula is C23H31N2O7P. The summed E-state index contributed by atoms with van der Waals surface area (Å²) in [5, 5.41) is 19.7. The van der Waals surface area contributed by atoms with Gasteiger partial charge < -0.3 is 24.6 Å². The molecule has 0 spiro atoms. The lowest BCUT2D eigenvalue weighted by atomic mass is 10.1. The quantitative estimate of drug-likeness (QED) is 0.368. The molecule has 0 aliphatic carbocycles. The molecule has 180 valence electrons. The Kier molecular flexibility index (Phi) is 10.0. The summed E-state index contributed by atoms with van der Waals surface area (Å²) in [5.41, 5.74) is 1.22. The van der Waals surface area contributed by atoms with Crippen LogP contribution in [0.15, 0.2) is 35.2 Å². The maximum absolute atomic E-state index is 12.6. The fourth-order valence-corrected chi connectivity index (χ4v) is 3.74. The topological polar surface area (TPSA) is 134 Å². The van der Waals surface area contributed by atoms with Crippen molar-refractivity contribution >= 4 is 14.1 Å². The van der Waals surface area contributed by atoms with E-state index in [9.17, 15) is 19.9 Å². The molecule has 2 rings (SSSR count). The molecule has 1 unspecified atom stereocenters. The minimum Gasteiger partial charge on any atom is -0.575 e. The van der Waals surface area contributed by atoms with Crippen LogP contribution in [0.25, 0.3) is 0 Å². The molecule has 1 heterocycles. The summed E-state index contributed by atoms with van der Waals surface area (Å²) in [6.45, 7) is 8.58. The molecule has 2 aromatic rings. The average Bonchev–Trinajstić information content (AvgIpc) is 2.74. The smallest absolute Gasteiger partial charge is 0.395 e. The van der Waals surface area contributed by atoms with Crippen LogP contribution in [-0.2, 0) is 22.7 Å². The van der Waals surface area contributed by atoms with Gasteiger partial charge in [-0.2, -0.15) is 0 Å². The molecule has 1 aromatic heterocycles. The van der Waals surface area contributed by atoms with Crippen LogP contribution in [0, 0.1) is 12.8 Å². The molecule has 0 radical (unpaired) electrons. The lowest BCUT2D eigenvalue weighted by molar-refractivity contribution is -0.170. The number of carbonyl (C=O) groups excluding carboxylic acids is 1. The highest BCUT2D eigenvalue weighted by atomic mass is 31.1. The van der Waals surface area contributed by atoms with Crippen LogP contribution in [-0.4, -0.2) is 33.3 Å². The standard InChI is InChI=1S/C23H31N2O7P/c1-14(2)10-19(23(28)31-15(3)4)25-33(29)32-21-9-7-6-8-20(21)30-13-17-11-24-16(5)22(27)18(17)12-26/h6-9,11,14-15,19,26-27H,10,12-13H2,1-5H3/t19-/m0/s1. The van der Waals surface area contributed by atoms with Crippen molar-refractivity contribution in [3.05, 3.63) is 47.3 Å². The van der Waals surface area contributed by atoms with E-state index < -0.39 is 20.2 Å². The van der Waals surface area contributed by atoms with Crippen LogP contribution < -0.4 is 14.2 Å². The van der Waals surface area contributed by atoms with E-state index in [1.54, 1.807) is 45.0 Å². The molecule has 2 N–H and O–H groups in total. The van der Waals surface area contributed by atoms with Crippen LogP contribution in [0.3, 0.4) is 0 Å². The number of benzene rings is 1. The highest BCUT2D eigenvalue weighted by molar-refractivity contribution is 7.34. The Hall–Kier alpha value is -2.74. The van der Waals surface area contributed by atoms with E-state index in [4.69, 9.17) is 14.0 Å². The summed E-state index contributed by atoms with van der Waals surface area (Å²) >= 11 is 0. The lowest BCUT2D eigenvalue weighted by Crippen LogP contribution is -2.26. The number of aromatic hydroxyl groups is 1. The zero-order chi connectivity index (χ0) is 24.5. The molecule has 0 saturated carbocycles. The second-order valence-electron chi connectivity index (χ2n) is 8.17. The molecule has 33 heavy (non-hydrogen) atoms. The van der Waals surface area contributed by atoms with Crippen molar-refractivity contribution in [3.8, 4) is 17.2 Å². The first kappa shape index (κ1) is 26.5. The molecule has 1 aromatic carbocycles. The fraction of sp³-hybridized carbons (Fsp3) is 0.478. The van der Waals surface area contributed by atoms with Gasteiger partial charge in [-0.05, 0) is 45.2 Å². The number of esters is 1. The van der Waals surface area contributed by atoms with Gasteiger partial charge in [0.25, 0.3) is 0 Å². The van der Waals surface area contributed by atoms with Gasteiger partial charge in [0.15, 0.2) is 11.8 Å². The van der Waals surface area contributed by atoms with Crippen molar-refractivity contribution in [1.29, 1.82) is 0 Å². The minimum atomic E-state index is -2.58. The summed E-state index contributed by atoms with van der Waals surface area (Å²) in [5.74, 6) is -0.0338. The van der Waals surface area contributed by atoms with Crippen molar-refractivity contribution in [1.82, 2.24) is 4.98 Å². The highest BCUT2D eigenvalue weighted by Gasteiger charge is 2.26. The van der Waals surface area contributed by atoms with Gasteiger partial charge in [-0.15, -0.1) is 0 Å². The Morgan fingerprint density at radius 1 is 1.21 bits per heavy atom. The van der Waals surface area contributed by atoms with Gasteiger partial charge in [-0.25, -0.2) is 4.79 Å². The van der Waals surface area contributed by atoms with Crippen molar-refractivity contribution in [2.45, 2.75) is 66.4 Å². The van der Waals surface area contributed by atoms with Crippen LogP contribution in [0.4, 0.5) is 0 Å². The number of aliphatic hydroxyl groups is 1. The fourth-order valence-electron chi connectivity index (χ4n) is 2.95. The number of aryl methyl sites for hydroxylation is 1. The minimum absolute atomic E-state index is 0.0122. The number of aromatic nitrogens is 1. The predicted molar refractivity (Wildman–Crippen MR) is 122 cm³/mol.